The Hall–Kier alpha value is -3.71. The van der Waals surface area contributed by atoms with Crippen molar-refractivity contribution in [1.82, 2.24) is 19.7 Å². The van der Waals surface area contributed by atoms with Crippen LogP contribution in [0.15, 0.2) is 51.9 Å². The first kappa shape index (κ1) is 22.1. The van der Waals surface area contributed by atoms with E-state index in [1.54, 1.807) is 30.1 Å². The van der Waals surface area contributed by atoms with Gasteiger partial charge in [0.05, 0.1) is 34.5 Å². The van der Waals surface area contributed by atoms with Gasteiger partial charge in [0.1, 0.15) is 22.0 Å². The van der Waals surface area contributed by atoms with E-state index < -0.39 is 0 Å². The Bertz CT molecular complexity index is 1640. The minimum Gasteiger partial charge on any atom is -0.455 e. The monoisotopic (exact) mass is 473 g/mol. The maximum atomic E-state index is 13.4. The summed E-state index contributed by atoms with van der Waals surface area (Å²) in [6, 6.07) is 9.38. The van der Waals surface area contributed by atoms with Crippen molar-refractivity contribution < 1.29 is 4.42 Å². The average Bonchev–Trinajstić information content (AvgIpc) is 3.18. The van der Waals surface area contributed by atoms with Gasteiger partial charge < -0.3 is 9.73 Å². The van der Waals surface area contributed by atoms with E-state index in [9.17, 15) is 4.79 Å². The fraction of sp³-hybridized carbons (Fsp3) is 0.231. The van der Waals surface area contributed by atoms with Gasteiger partial charge in [-0.15, -0.1) is 0 Å². The Morgan fingerprint density at radius 2 is 1.91 bits per heavy atom. The van der Waals surface area contributed by atoms with E-state index in [-0.39, 0.29) is 11.5 Å². The minimum atomic E-state index is -0.152. The topological polar surface area (TPSA) is 85.8 Å². The van der Waals surface area contributed by atoms with Gasteiger partial charge in [-0.05, 0) is 57.5 Å². The van der Waals surface area contributed by atoms with Gasteiger partial charge in [0.25, 0.3) is 0 Å². The number of fused-ring (bicyclic) bond motifs is 2. The summed E-state index contributed by atoms with van der Waals surface area (Å²) in [6.07, 6.45) is 3.43. The lowest BCUT2D eigenvalue weighted by Crippen LogP contribution is -2.13. The number of halogens is 1. The lowest BCUT2D eigenvalue weighted by Gasteiger charge is -2.19. The van der Waals surface area contributed by atoms with E-state index in [4.69, 9.17) is 16.0 Å². The molecule has 4 aromatic heterocycles. The van der Waals surface area contributed by atoms with Crippen molar-refractivity contribution in [2.75, 3.05) is 5.32 Å². The Kier molecular flexibility index (Phi) is 5.37. The van der Waals surface area contributed by atoms with Crippen LogP contribution in [-0.2, 0) is 7.05 Å². The zero-order valence-electron chi connectivity index (χ0n) is 19.6. The standard InChI is InChI=1S/C26H24ClN5O2/c1-13-8-18(15(3)30-20-6-7-23(27)31-16(20)4)26-19(9-13)24(33)14(2)25(34-26)17-10-22-21(28-11-17)12-29-32(22)5/h6-12,15,30H,1-5H3/t15-/m1/s1. The first-order valence-corrected chi connectivity index (χ1v) is 11.4. The predicted molar refractivity (Wildman–Crippen MR) is 135 cm³/mol. The second-order valence-electron chi connectivity index (χ2n) is 8.65. The van der Waals surface area contributed by atoms with E-state index in [0.717, 1.165) is 39.1 Å². The SMILES string of the molecule is Cc1cc([C@@H](C)Nc2ccc(Cl)nc2C)c2oc(-c3cnc4cnn(C)c4c3)c(C)c(=O)c2c1. The molecule has 0 amide bonds. The molecule has 1 atom stereocenters. The normalized spacial score (nSPS) is 12.4. The Labute approximate surface area is 201 Å². The highest BCUT2D eigenvalue weighted by atomic mass is 35.5. The molecule has 0 spiro atoms. The zero-order chi connectivity index (χ0) is 24.1. The molecule has 0 bridgehead atoms. The van der Waals surface area contributed by atoms with Crippen molar-refractivity contribution in [3.8, 4) is 11.3 Å². The van der Waals surface area contributed by atoms with Crippen molar-refractivity contribution in [2.45, 2.75) is 33.7 Å². The summed E-state index contributed by atoms with van der Waals surface area (Å²) < 4.78 is 8.23. The van der Waals surface area contributed by atoms with Crippen LogP contribution in [0.25, 0.3) is 33.3 Å². The summed E-state index contributed by atoms with van der Waals surface area (Å²) in [5, 5.41) is 8.75. The predicted octanol–water partition coefficient (Wildman–Crippen LogP) is 5.89. The number of aryl methyl sites for hydroxylation is 3. The van der Waals surface area contributed by atoms with Crippen LogP contribution in [-0.4, -0.2) is 19.7 Å². The second kappa shape index (κ2) is 8.25. The summed E-state index contributed by atoms with van der Waals surface area (Å²) >= 11 is 6.02. The van der Waals surface area contributed by atoms with Crippen molar-refractivity contribution in [2.24, 2.45) is 7.05 Å². The maximum Gasteiger partial charge on any atom is 0.196 e. The molecule has 7 nitrogen and oxygen atoms in total. The molecular formula is C26H24ClN5O2. The molecule has 5 aromatic rings. The Balaban J connectivity index is 1.68. The van der Waals surface area contributed by atoms with Crippen molar-refractivity contribution in [3.05, 3.63) is 80.5 Å². The summed E-state index contributed by atoms with van der Waals surface area (Å²) in [4.78, 5) is 22.3. The number of pyridine rings is 2. The van der Waals surface area contributed by atoms with Gasteiger partial charge in [-0.1, -0.05) is 17.7 Å². The number of aromatic nitrogens is 4. The van der Waals surface area contributed by atoms with Gasteiger partial charge in [0.2, 0.25) is 0 Å². The highest BCUT2D eigenvalue weighted by Gasteiger charge is 2.20. The molecule has 4 heterocycles. The molecule has 0 unspecified atom stereocenters. The molecule has 0 aliphatic carbocycles. The fourth-order valence-corrected chi connectivity index (χ4v) is 4.50. The fourth-order valence-electron chi connectivity index (χ4n) is 4.31. The van der Waals surface area contributed by atoms with Gasteiger partial charge >= 0.3 is 0 Å². The molecule has 0 saturated carbocycles. The second-order valence-corrected chi connectivity index (χ2v) is 9.03. The number of rotatable bonds is 4. The summed E-state index contributed by atoms with van der Waals surface area (Å²) in [5.74, 6) is 0.509. The van der Waals surface area contributed by atoms with Gasteiger partial charge in [-0.2, -0.15) is 5.10 Å². The summed E-state index contributed by atoms with van der Waals surface area (Å²) in [6.45, 7) is 7.71. The molecule has 8 heteroatoms. The van der Waals surface area contributed by atoms with Crippen molar-refractivity contribution in [3.63, 3.8) is 0 Å². The molecule has 34 heavy (non-hydrogen) atoms. The molecule has 0 aliphatic rings. The molecule has 1 aromatic carbocycles. The highest BCUT2D eigenvalue weighted by Crippen LogP contribution is 2.33. The molecule has 5 rings (SSSR count). The number of nitrogens with one attached hydrogen (secondary N) is 1. The van der Waals surface area contributed by atoms with Crippen LogP contribution in [0.2, 0.25) is 5.15 Å². The number of nitrogens with zero attached hydrogens (tertiary/aromatic N) is 4. The number of anilines is 1. The molecule has 0 radical (unpaired) electrons. The van der Waals surface area contributed by atoms with Crippen LogP contribution >= 0.6 is 11.6 Å². The van der Waals surface area contributed by atoms with Crippen LogP contribution in [0.5, 0.6) is 0 Å². The van der Waals surface area contributed by atoms with E-state index in [2.05, 4.69) is 20.4 Å². The number of hydrogen-bond donors (Lipinski definition) is 1. The Morgan fingerprint density at radius 1 is 1.12 bits per heavy atom. The van der Waals surface area contributed by atoms with E-state index >= 15 is 0 Å². The number of benzene rings is 1. The largest absolute Gasteiger partial charge is 0.455 e. The molecule has 0 saturated heterocycles. The lowest BCUT2D eigenvalue weighted by molar-refractivity contribution is 0.605. The average molecular weight is 474 g/mol. The molecule has 1 N–H and O–H groups in total. The smallest absolute Gasteiger partial charge is 0.196 e. The molecule has 0 fully saturated rings. The quantitative estimate of drug-likeness (QED) is 0.327. The maximum absolute atomic E-state index is 13.4. The third-order valence-corrected chi connectivity index (χ3v) is 6.35. The van der Waals surface area contributed by atoms with Crippen LogP contribution in [0.3, 0.4) is 0 Å². The third kappa shape index (κ3) is 3.72. The van der Waals surface area contributed by atoms with Crippen LogP contribution < -0.4 is 10.7 Å². The number of hydrogen-bond acceptors (Lipinski definition) is 6. The highest BCUT2D eigenvalue weighted by molar-refractivity contribution is 6.29. The first-order valence-electron chi connectivity index (χ1n) is 11.0. The van der Waals surface area contributed by atoms with Gasteiger partial charge in [0, 0.05) is 29.9 Å². The van der Waals surface area contributed by atoms with Crippen LogP contribution in [0.4, 0.5) is 5.69 Å². The summed E-state index contributed by atoms with van der Waals surface area (Å²) in [5.41, 5.74) is 6.97. The van der Waals surface area contributed by atoms with Crippen molar-refractivity contribution in [1.29, 1.82) is 0 Å². The first-order chi connectivity index (χ1) is 16.2. The van der Waals surface area contributed by atoms with Crippen LogP contribution in [0, 0.1) is 20.8 Å². The molecule has 172 valence electrons. The zero-order valence-corrected chi connectivity index (χ0v) is 20.4. The van der Waals surface area contributed by atoms with E-state index in [0.29, 0.717) is 27.4 Å². The lowest BCUT2D eigenvalue weighted by atomic mass is 9.99. The van der Waals surface area contributed by atoms with E-state index in [1.807, 2.05) is 52.1 Å². The van der Waals surface area contributed by atoms with Gasteiger partial charge in [-0.25, -0.2) is 4.98 Å². The summed E-state index contributed by atoms with van der Waals surface area (Å²) in [7, 11) is 1.86. The molecular weight excluding hydrogens is 450 g/mol. The molecule has 0 aliphatic heterocycles. The van der Waals surface area contributed by atoms with E-state index in [1.165, 1.54) is 0 Å². The third-order valence-electron chi connectivity index (χ3n) is 6.14. The van der Waals surface area contributed by atoms with Crippen LogP contribution in [0.1, 0.15) is 35.3 Å². The van der Waals surface area contributed by atoms with Gasteiger partial charge in [-0.3, -0.25) is 14.5 Å². The minimum absolute atomic E-state index is 0.0529. The van der Waals surface area contributed by atoms with Crippen molar-refractivity contribution >= 4 is 39.3 Å². The van der Waals surface area contributed by atoms with Gasteiger partial charge in [0.15, 0.2) is 5.43 Å². The Morgan fingerprint density at radius 3 is 2.68 bits per heavy atom.